The highest BCUT2D eigenvalue weighted by Crippen LogP contribution is 2.22. The summed E-state index contributed by atoms with van der Waals surface area (Å²) in [4.78, 5) is 28.2. The lowest BCUT2D eigenvalue weighted by molar-refractivity contribution is -0.138. The maximum absolute atomic E-state index is 12.9. The van der Waals surface area contributed by atoms with E-state index in [2.05, 4.69) is 4.98 Å². The smallest absolute Gasteiger partial charge is 0.305 e. The molecule has 22 heavy (non-hydrogen) atoms. The summed E-state index contributed by atoms with van der Waals surface area (Å²) >= 11 is 1.35. The SMILES string of the molecule is CN(CCC(=O)O)C(=O)Cc1nc(-c2ccc(F)cc2)cs1. The highest BCUT2D eigenvalue weighted by molar-refractivity contribution is 7.10. The summed E-state index contributed by atoms with van der Waals surface area (Å²) in [6.07, 6.45) is 0.0446. The molecule has 0 radical (unpaired) electrons. The number of amides is 1. The number of aliphatic carboxylic acids is 1. The average molecular weight is 322 g/mol. The zero-order valence-corrected chi connectivity index (χ0v) is 12.8. The van der Waals surface area contributed by atoms with E-state index in [0.717, 1.165) is 5.56 Å². The molecule has 1 amide bonds. The first-order valence-corrected chi connectivity index (χ1v) is 7.50. The molecular formula is C15H15FN2O3S. The van der Waals surface area contributed by atoms with Gasteiger partial charge in [-0.05, 0) is 24.3 Å². The van der Waals surface area contributed by atoms with Crippen molar-refractivity contribution in [3.05, 3.63) is 40.5 Å². The van der Waals surface area contributed by atoms with E-state index in [4.69, 9.17) is 5.11 Å². The van der Waals surface area contributed by atoms with E-state index in [0.29, 0.717) is 10.7 Å². The number of carbonyl (C=O) groups excluding carboxylic acids is 1. The second-order valence-corrected chi connectivity index (χ2v) is 5.71. The fraction of sp³-hybridized carbons (Fsp3) is 0.267. The Labute approximate surface area is 131 Å². The molecule has 0 spiro atoms. The van der Waals surface area contributed by atoms with Crippen molar-refractivity contribution in [3.8, 4) is 11.3 Å². The quantitative estimate of drug-likeness (QED) is 0.887. The minimum absolute atomic E-state index is 0.0824. The van der Waals surface area contributed by atoms with Gasteiger partial charge in [0.2, 0.25) is 5.91 Å². The van der Waals surface area contributed by atoms with Crippen molar-refractivity contribution in [2.75, 3.05) is 13.6 Å². The molecule has 0 bridgehead atoms. The number of hydrogen-bond acceptors (Lipinski definition) is 4. The minimum Gasteiger partial charge on any atom is -0.481 e. The van der Waals surface area contributed by atoms with Gasteiger partial charge >= 0.3 is 5.97 Å². The topological polar surface area (TPSA) is 70.5 Å². The van der Waals surface area contributed by atoms with Gasteiger partial charge in [0.25, 0.3) is 0 Å². The average Bonchev–Trinajstić information content (AvgIpc) is 2.93. The predicted molar refractivity (Wildman–Crippen MR) is 81.1 cm³/mol. The Morgan fingerprint density at radius 3 is 2.64 bits per heavy atom. The Hall–Kier alpha value is -2.28. The van der Waals surface area contributed by atoms with Crippen LogP contribution >= 0.6 is 11.3 Å². The monoisotopic (exact) mass is 322 g/mol. The third-order valence-corrected chi connectivity index (χ3v) is 3.93. The fourth-order valence-electron chi connectivity index (χ4n) is 1.80. The van der Waals surface area contributed by atoms with Crippen LogP contribution in [0.1, 0.15) is 11.4 Å². The highest BCUT2D eigenvalue weighted by atomic mass is 32.1. The van der Waals surface area contributed by atoms with Gasteiger partial charge in [0.15, 0.2) is 0 Å². The van der Waals surface area contributed by atoms with Crippen LogP contribution in [0.5, 0.6) is 0 Å². The molecule has 2 rings (SSSR count). The second-order valence-electron chi connectivity index (χ2n) is 4.77. The summed E-state index contributed by atoms with van der Waals surface area (Å²) in [5, 5.41) is 11.1. The van der Waals surface area contributed by atoms with Crippen molar-refractivity contribution in [3.63, 3.8) is 0 Å². The number of hydrogen-bond donors (Lipinski definition) is 1. The third-order valence-electron chi connectivity index (χ3n) is 3.08. The van der Waals surface area contributed by atoms with Crippen molar-refractivity contribution in [1.29, 1.82) is 0 Å². The molecule has 0 unspecified atom stereocenters. The number of halogens is 1. The molecular weight excluding hydrogens is 307 g/mol. The first-order valence-electron chi connectivity index (χ1n) is 6.62. The van der Waals surface area contributed by atoms with Crippen LogP contribution in [0.25, 0.3) is 11.3 Å². The van der Waals surface area contributed by atoms with Crippen LogP contribution in [0.15, 0.2) is 29.6 Å². The maximum Gasteiger partial charge on any atom is 0.305 e. The molecule has 0 saturated heterocycles. The molecule has 5 nitrogen and oxygen atoms in total. The summed E-state index contributed by atoms with van der Waals surface area (Å²) in [6, 6.07) is 5.99. The van der Waals surface area contributed by atoms with Crippen molar-refractivity contribution in [2.45, 2.75) is 12.8 Å². The lowest BCUT2D eigenvalue weighted by Crippen LogP contribution is -2.30. The van der Waals surface area contributed by atoms with Gasteiger partial charge in [-0.25, -0.2) is 9.37 Å². The first kappa shape index (κ1) is 16.1. The van der Waals surface area contributed by atoms with E-state index in [1.165, 1.54) is 28.4 Å². The fourth-order valence-corrected chi connectivity index (χ4v) is 2.59. The van der Waals surface area contributed by atoms with Crippen LogP contribution < -0.4 is 0 Å². The summed E-state index contributed by atoms with van der Waals surface area (Å²) < 4.78 is 12.9. The molecule has 0 aliphatic heterocycles. The zero-order valence-electron chi connectivity index (χ0n) is 12.0. The van der Waals surface area contributed by atoms with Gasteiger partial charge < -0.3 is 10.0 Å². The predicted octanol–water partition coefficient (Wildman–Crippen LogP) is 2.42. The van der Waals surface area contributed by atoms with Gasteiger partial charge in [-0.15, -0.1) is 11.3 Å². The molecule has 7 heteroatoms. The minimum atomic E-state index is -0.938. The van der Waals surface area contributed by atoms with Gasteiger partial charge in [0.1, 0.15) is 10.8 Å². The number of likely N-dealkylation sites (N-methyl/N-ethyl adjacent to an activating group) is 1. The molecule has 0 aliphatic carbocycles. The largest absolute Gasteiger partial charge is 0.481 e. The van der Waals surface area contributed by atoms with Gasteiger partial charge in [0, 0.05) is 24.5 Å². The molecule has 1 N–H and O–H groups in total. The van der Waals surface area contributed by atoms with Crippen LogP contribution in [0.3, 0.4) is 0 Å². The van der Waals surface area contributed by atoms with Gasteiger partial charge in [-0.2, -0.15) is 0 Å². The second kappa shape index (κ2) is 7.13. The Balaban J connectivity index is 1.98. The van der Waals surface area contributed by atoms with Crippen molar-refractivity contribution >= 4 is 23.2 Å². The number of carboxylic acid groups (broad SMARTS) is 1. The van der Waals surface area contributed by atoms with E-state index in [1.54, 1.807) is 19.2 Å². The van der Waals surface area contributed by atoms with E-state index in [1.807, 2.05) is 5.38 Å². The molecule has 1 heterocycles. The standard InChI is InChI=1S/C15H15FN2O3S/c1-18(7-6-15(20)21)14(19)8-13-17-12(9-22-13)10-2-4-11(16)5-3-10/h2-5,9H,6-8H2,1H3,(H,20,21). The Morgan fingerprint density at radius 1 is 1.32 bits per heavy atom. The van der Waals surface area contributed by atoms with Gasteiger partial charge in [0.05, 0.1) is 18.5 Å². The third kappa shape index (κ3) is 4.36. The number of carboxylic acids is 1. The lowest BCUT2D eigenvalue weighted by atomic mass is 10.2. The van der Waals surface area contributed by atoms with E-state index < -0.39 is 5.97 Å². The van der Waals surface area contributed by atoms with Crippen molar-refractivity contribution < 1.29 is 19.1 Å². The first-order chi connectivity index (χ1) is 10.5. The highest BCUT2D eigenvalue weighted by Gasteiger charge is 2.14. The molecule has 0 fully saturated rings. The van der Waals surface area contributed by atoms with Crippen LogP contribution in [0.4, 0.5) is 4.39 Å². The number of benzene rings is 1. The van der Waals surface area contributed by atoms with E-state index in [9.17, 15) is 14.0 Å². The number of rotatable bonds is 6. The number of aromatic nitrogens is 1. The number of thiazole rings is 1. The van der Waals surface area contributed by atoms with Crippen molar-refractivity contribution in [2.24, 2.45) is 0 Å². The van der Waals surface area contributed by atoms with Crippen molar-refractivity contribution in [1.82, 2.24) is 9.88 Å². The van der Waals surface area contributed by atoms with Crippen LogP contribution in [-0.4, -0.2) is 40.5 Å². The molecule has 2 aromatic rings. The van der Waals surface area contributed by atoms with Crippen LogP contribution in [0.2, 0.25) is 0 Å². The molecule has 1 aromatic carbocycles. The summed E-state index contributed by atoms with van der Waals surface area (Å²) in [7, 11) is 1.57. The molecule has 1 aromatic heterocycles. The Bertz CT molecular complexity index is 670. The van der Waals surface area contributed by atoms with E-state index in [-0.39, 0.29) is 31.1 Å². The maximum atomic E-state index is 12.9. The summed E-state index contributed by atoms with van der Waals surface area (Å²) in [6.45, 7) is 0.171. The summed E-state index contributed by atoms with van der Waals surface area (Å²) in [5.41, 5.74) is 1.48. The molecule has 0 saturated carbocycles. The van der Waals surface area contributed by atoms with Gasteiger partial charge in [-0.3, -0.25) is 9.59 Å². The lowest BCUT2D eigenvalue weighted by Gasteiger charge is -2.14. The Kier molecular flexibility index (Phi) is 5.21. The molecule has 0 aliphatic rings. The molecule has 0 atom stereocenters. The normalized spacial score (nSPS) is 10.5. The van der Waals surface area contributed by atoms with E-state index >= 15 is 0 Å². The zero-order chi connectivity index (χ0) is 16.1. The van der Waals surface area contributed by atoms with Gasteiger partial charge in [-0.1, -0.05) is 0 Å². The summed E-state index contributed by atoms with van der Waals surface area (Å²) in [5.74, 6) is -1.43. The van der Waals surface area contributed by atoms with Crippen LogP contribution in [0, 0.1) is 5.82 Å². The Morgan fingerprint density at radius 2 is 2.00 bits per heavy atom. The molecule has 116 valence electrons. The number of carbonyl (C=O) groups is 2. The van der Waals surface area contributed by atoms with Crippen LogP contribution in [-0.2, 0) is 16.0 Å². The number of nitrogens with zero attached hydrogens (tertiary/aromatic N) is 2.